The van der Waals surface area contributed by atoms with Crippen molar-refractivity contribution in [3.05, 3.63) is 95.1 Å². The van der Waals surface area contributed by atoms with Crippen molar-refractivity contribution in [2.24, 2.45) is 5.92 Å². The molecule has 0 saturated heterocycles. The van der Waals surface area contributed by atoms with E-state index in [1.165, 1.54) is 7.11 Å². The predicted molar refractivity (Wildman–Crippen MR) is 166 cm³/mol. The van der Waals surface area contributed by atoms with Crippen molar-refractivity contribution >= 4 is 18.2 Å². The van der Waals surface area contributed by atoms with Gasteiger partial charge in [-0.25, -0.2) is 14.4 Å². The van der Waals surface area contributed by atoms with Gasteiger partial charge < -0.3 is 24.4 Å². The summed E-state index contributed by atoms with van der Waals surface area (Å²) in [5.41, 5.74) is 5.14. The molecule has 0 heterocycles. The van der Waals surface area contributed by atoms with Crippen molar-refractivity contribution in [2.45, 2.75) is 65.1 Å². The van der Waals surface area contributed by atoms with Gasteiger partial charge in [-0.15, -0.1) is 0 Å². The van der Waals surface area contributed by atoms with Crippen LogP contribution in [-0.4, -0.2) is 55.0 Å². The summed E-state index contributed by atoms with van der Waals surface area (Å²) in [4.78, 5) is 40.1. The van der Waals surface area contributed by atoms with Gasteiger partial charge in [0.2, 0.25) is 0 Å². The quantitative estimate of drug-likeness (QED) is 0.200. The largest absolute Gasteiger partial charge is 0.465 e. The van der Waals surface area contributed by atoms with Gasteiger partial charge in [0.25, 0.3) is 0 Å². The number of amides is 2. The monoisotopic (exact) mass is 586 g/mol. The van der Waals surface area contributed by atoms with Gasteiger partial charge in [0, 0.05) is 19.0 Å². The number of hydrogen-bond donors (Lipinski definition) is 1. The van der Waals surface area contributed by atoms with E-state index in [1.54, 1.807) is 29.2 Å². The van der Waals surface area contributed by atoms with Crippen molar-refractivity contribution < 1.29 is 28.6 Å². The van der Waals surface area contributed by atoms with Crippen LogP contribution in [0.25, 0.3) is 11.1 Å². The Kier molecular flexibility index (Phi) is 10.1. The molecule has 2 amide bonds. The van der Waals surface area contributed by atoms with Gasteiger partial charge in [0.1, 0.15) is 12.2 Å². The highest BCUT2D eigenvalue weighted by Crippen LogP contribution is 2.44. The molecule has 3 aromatic carbocycles. The number of nitrogens with zero attached hydrogens (tertiary/aromatic N) is 1. The number of alkyl carbamates (subject to hydrolysis) is 1. The Balaban J connectivity index is 1.56. The lowest BCUT2D eigenvalue weighted by molar-refractivity contribution is 0.0452. The molecule has 4 rings (SSSR count). The number of methoxy groups -OCH3 is 1. The number of ether oxygens (including phenoxy) is 3. The minimum atomic E-state index is -0.655. The molecule has 228 valence electrons. The summed E-state index contributed by atoms with van der Waals surface area (Å²) in [6.45, 7) is 10.1. The van der Waals surface area contributed by atoms with Crippen LogP contribution in [-0.2, 0) is 20.8 Å². The van der Waals surface area contributed by atoms with E-state index in [4.69, 9.17) is 14.2 Å². The van der Waals surface area contributed by atoms with Crippen molar-refractivity contribution in [1.82, 2.24) is 10.2 Å². The number of rotatable bonds is 10. The van der Waals surface area contributed by atoms with E-state index < -0.39 is 23.8 Å². The van der Waals surface area contributed by atoms with Crippen molar-refractivity contribution in [2.75, 3.05) is 20.3 Å². The fourth-order valence-corrected chi connectivity index (χ4v) is 5.32. The summed E-state index contributed by atoms with van der Waals surface area (Å²) in [6, 6.07) is 22.9. The van der Waals surface area contributed by atoms with E-state index in [1.807, 2.05) is 58.9 Å². The topological polar surface area (TPSA) is 94.2 Å². The number of carbonyl (C=O) groups excluding carboxylic acids is 3. The minimum Gasteiger partial charge on any atom is -0.465 e. The van der Waals surface area contributed by atoms with Gasteiger partial charge in [-0.3, -0.25) is 0 Å². The van der Waals surface area contributed by atoms with Crippen LogP contribution in [0.5, 0.6) is 0 Å². The molecule has 0 bridgehead atoms. The van der Waals surface area contributed by atoms with E-state index in [9.17, 15) is 14.4 Å². The van der Waals surface area contributed by atoms with Gasteiger partial charge in [-0.05, 0) is 66.6 Å². The Morgan fingerprint density at radius 3 is 2.02 bits per heavy atom. The molecule has 3 aromatic rings. The Morgan fingerprint density at radius 2 is 1.49 bits per heavy atom. The van der Waals surface area contributed by atoms with Crippen molar-refractivity contribution in [3.8, 4) is 11.1 Å². The zero-order valence-corrected chi connectivity index (χ0v) is 25.9. The van der Waals surface area contributed by atoms with Crippen molar-refractivity contribution in [3.63, 3.8) is 0 Å². The average Bonchev–Trinajstić information content (AvgIpc) is 3.31. The number of benzene rings is 3. The molecule has 0 aliphatic heterocycles. The van der Waals surface area contributed by atoms with Gasteiger partial charge >= 0.3 is 18.2 Å². The predicted octanol–water partition coefficient (Wildman–Crippen LogP) is 7.16. The maximum Gasteiger partial charge on any atom is 0.410 e. The zero-order valence-electron chi connectivity index (χ0n) is 25.9. The van der Waals surface area contributed by atoms with Crippen LogP contribution in [0.15, 0.2) is 72.8 Å². The summed E-state index contributed by atoms with van der Waals surface area (Å²) in [6.07, 6.45) is -0.238. The molecule has 0 spiro atoms. The van der Waals surface area contributed by atoms with Gasteiger partial charge in [-0.2, -0.15) is 0 Å². The molecule has 0 radical (unpaired) electrons. The summed E-state index contributed by atoms with van der Waals surface area (Å²) in [5, 5.41) is 2.98. The molecule has 0 saturated carbocycles. The lowest BCUT2D eigenvalue weighted by atomic mass is 9.98. The molecule has 1 N–H and O–H groups in total. The number of esters is 1. The third-order valence-electron chi connectivity index (χ3n) is 7.79. The first-order valence-corrected chi connectivity index (χ1v) is 14.8. The molecule has 2 atom stereocenters. The smallest absolute Gasteiger partial charge is 0.410 e. The van der Waals surface area contributed by atoms with E-state index in [2.05, 4.69) is 29.6 Å². The summed E-state index contributed by atoms with van der Waals surface area (Å²) >= 11 is 0. The van der Waals surface area contributed by atoms with E-state index >= 15 is 0 Å². The van der Waals surface area contributed by atoms with E-state index in [0.29, 0.717) is 5.56 Å². The SMILES string of the molecule is CC[C@H](C)[C@@H](CN(Cc1ccc(C(=O)OC)cc1)C(=O)OCC1c2ccccc2-c2ccccc21)NC(=O)OC(C)(C)C. The average molecular weight is 587 g/mol. The lowest BCUT2D eigenvalue weighted by Gasteiger charge is -2.32. The summed E-state index contributed by atoms with van der Waals surface area (Å²) < 4.78 is 16.4. The highest BCUT2D eigenvalue weighted by Gasteiger charge is 2.31. The second kappa shape index (κ2) is 13.8. The molecule has 8 heteroatoms. The number of fused-ring (bicyclic) bond motifs is 3. The standard InChI is InChI=1S/C35H42N2O6/c1-7-23(2)31(36-33(39)43-35(3,4)5)21-37(20-24-16-18-25(19-17-24)32(38)41-6)34(40)42-22-30-28-14-10-8-12-26(28)27-13-9-11-15-29(27)30/h8-19,23,30-31H,7,20-22H2,1-6H3,(H,36,39)/t23-,31+/m0/s1. The molecule has 0 unspecified atom stereocenters. The number of hydrogen-bond acceptors (Lipinski definition) is 6. The highest BCUT2D eigenvalue weighted by molar-refractivity contribution is 5.89. The molecular weight excluding hydrogens is 544 g/mol. The molecule has 1 aliphatic rings. The van der Waals surface area contributed by atoms with Crippen LogP contribution in [0.2, 0.25) is 0 Å². The maximum atomic E-state index is 13.8. The fourth-order valence-electron chi connectivity index (χ4n) is 5.32. The normalized spacial score (nSPS) is 13.7. The maximum absolute atomic E-state index is 13.8. The van der Waals surface area contributed by atoms with Crippen LogP contribution in [0.1, 0.15) is 74.0 Å². The second-order valence-corrected chi connectivity index (χ2v) is 12.0. The van der Waals surface area contributed by atoms with Crippen LogP contribution in [0.4, 0.5) is 9.59 Å². The Bertz CT molecular complexity index is 1380. The van der Waals surface area contributed by atoms with Crippen LogP contribution >= 0.6 is 0 Å². The zero-order chi connectivity index (χ0) is 31.1. The molecule has 43 heavy (non-hydrogen) atoms. The first-order chi connectivity index (χ1) is 20.5. The third-order valence-corrected chi connectivity index (χ3v) is 7.79. The van der Waals surface area contributed by atoms with Crippen molar-refractivity contribution in [1.29, 1.82) is 0 Å². The molecule has 8 nitrogen and oxygen atoms in total. The Hall–Kier alpha value is -4.33. The van der Waals surface area contributed by atoms with Crippen LogP contribution in [0, 0.1) is 5.92 Å². The second-order valence-electron chi connectivity index (χ2n) is 12.0. The van der Waals surface area contributed by atoms with E-state index in [-0.39, 0.29) is 37.6 Å². The summed E-state index contributed by atoms with van der Waals surface area (Å²) in [7, 11) is 1.34. The van der Waals surface area contributed by atoms with E-state index in [0.717, 1.165) is 34.2 Å². The minimum absolute atomic E-state index is 0.0538. The molecular formula is C35H42N2O6. The molecule has 0 aromatic heterocycles. The number of carbonyl (C=O) groups is 3. The molecule has 1 aliphatic carbocycles. The van der Waals surface area contributed by atoms with Gasteiger partial charge in [-0.1, -0.05) is 80.9 Å². The first-order valence-electron chi connectivity index (χ1n) is 14.8. The fraction of sp³-hybridized carbons (Fsp3) is 0.400. The Labute approximate surface area is 254 Å². The third kappa shape index (κ3) is 7.95. The van der Waals surface area contributed by atoms with Crippen LogP contribution in [0.3, 0.4) is 0 Å². The summed E-state index contributed by atoms with van der Waals surface area (Å²) in [5.74, 6) is -0.459. The van der Waals surface area contributed by atoms with Gasteiger partial charge in [0.05, 0.1) is 18.7 Å². The van der Waals surface area contributed by atoms with Gasteiger partial charge in [0.15, 0.2) is 0 Å². The van der Waals surface area contributed by atoms with Crippen LogP contribution < -0.4 is 5.32 Å². The highest BCUT2D eigenvalue weighted by atomic mass is 16.6. The first kappa shape index (κ1) is 31.6. The Morgan fingerprint density at radius 1 is 0.907 bits per heavy atom. The molecule has 0 fully saturated rings. The lowest BCUT2D eigenvalue weighted by Crippen LogP contribution is -2.50. The number of nitrogens with one attached hydrogen (secondary N) is 1.